The van der Waals surface area contributed by atoms with Gasteiger partial charge in [0.2, 0.25) is 0 Å². The van der Waals surface area contributed by atoms with E-state index in [-0.39, 0.29) is 0 Å². The molecule has 0 heterocycles. The molecule has 3 nitrogen and oxygen atoms in total. The van der Waals surface area contributed by atoms with E-state index in [0.29, 0.717) is 11.7 Å². The molecule has 0 saturated heterocycles. The van der Waals surface area contributed by atoms with E-state index in [1.165, 1.54) is 11.1 Å². The lowest BCUT2D eigenvalue weighted by Gasteiger charge is -2.23. The molecule has 19 heavy (non-hydrogen) atoms. The summed E-state index contributed by atoms with van der Waals surface area (Å²) < 4.78 is 10.8. The summed E-state index contributed by atoms with van der Waals surface area (Å²) >= 11 is 0. The molecule has 2 rings (SSSR count). The molecule has 104 valence electrons. The maximum absolute atomic E-state index is 11.3. The second-order valence-corrected chi connectivity index (χ2v) is 5.31. The number of ether oxygens (including phenoxy) is 2. The van der Waals surface area contributed by atoms with Crippen molar-refractivity contribution < 1.29 is 14.3 Å². The molecule has 0 bridgehead atoms. The highest BCUT2D eigenvalue weighted by molar-refractivity contribution is 5.79. The third-order valence-electron chi connectivity index (χ3n) is 4.02. The molecule has 0 unspecified atom stereocenters. The van der Waals surface area contributed by atoms with Crippen LogP contribution in [0.3, 0.4) is 0 Å². The predicted octanol–water partition coefficient (Wildman–Crippen LogP) is 3.31. The normalized spacial score (nSPS) is 16.5. The van der Waals surface area contributed by atoms with Gasteiger partial charge in [0.05, 0.1) is 14.2 Å². The fourth-order valence-corrected chi connectivity index (χ4v) is 2.81. The average molecular weight is 262 g/mol. The van der Waals surface area contributed by atoms with Crippen molar-refractivity contribution in [1.82, 2.24) is 0 Å². The van der Waals surface area contributed by atoms with Gasteiger partial charge in [0.1, 0.15) is 17.3 Å². The van der Waals surface area contributed by atoms with Crippen LogP contribution in [-0.4, -0.2) is 20.0 Å². The molecule has 0 N–H and O–H groups in total. The van der Waals surface area contributed by atoms with Gasteiger partial charge >= 0.3 is 0 Å². The summed E-state index contributed by atoms with van der Waals surface area (Å²) in [4.78, 5) is 11.3. The van der Waals surface area contributed by atoms with Crippen LogP contribution in [-0.2, 0) is 11.2 Å². The summed E-state index contributed by atoms with van der Waals surface area (Å²) in [6.45, 7) is 2.09. The number of hydrogen-bond acceptors (Lipinski definition) is 3. The largest absolute Gasteiger partial charge is 0.497 e. The van der Waals surface area contributed by atoms with Crippen LogP contribution in [0, 0.1) is 12.8 Å². The molecule has 0 radical (unpaired) electrons. The van der Waals surface area contributed by atoms with Crippen molar-refractivity contribution in [3.63, 3.8) is 0 Å². The molecule has 1 aliphatic carbocycles. The van der Waals surface area contributed by atoms with E-state index in [2.05, 4.69) is 6.92 Å². The highest BCUT2D eigenvalue weighted by Gasteiger charge is 2.21. The fourth-order valence-electron chi connectivity index (χ4n) is 2.81. The molecular weight excluding hydrogens is 240 g/mol. The first kappa shape index (κ1) is 13.9. The molecule has 1 fully saturated rings. The Morgan fingerprint density at radius 2 is 1.84 bits per heavy atom. The Labute approximate surface area is 114 Å². The second-order valence-electron chi connectivity index (χ2n) is 5.31. The van der Waals surface area contributed by atoms with Crippen LogP contribution in [0.1, 0.15) is 36.8 Å². The molecule has 0 spiro atoms. The molecule has 0 aliphatic heterocycles. The van der Waals surface area contributed by atoms with E-state index in [1.807, 2.05) is 12.1 Å². The molecule has 0 aromatic heterocycles. The van der Waals surface area contributed by atoms with Gasteiger partial charge in [0.15, 0.2) is 0 Å². The van der Waals surface area contributed by atoms with Gasteiger partial charge in [0, 0.05) is 18.9 Å². The third kappa shape index (κ3) is 3.28. The Bertz CT molecular complexity index is 455. The number of carbonyl (C=O) groups is 1. The minimum absolute atomic E-state index is 0.412. The Kier molecular flexibility index (Phi) is 4.46. The minimum Gasteiger partial charge on any atom is -0.497 e. The van der Waals surface area contributed by atoms with Crippen molar-refractivity contribution in [2.24, 2.45) is 5.92 Å². The number of benzene rings is 1. The molecule has 3 heteroatoms. The maximum Gasteiger partial charge on any atom is 0.132 e. The summed E-state index contributed by atoms with van der Waals surface area (Å²) in [5.41, 5.74) is 2.45. The number of Topliss-reactive ketones (excluding diaryl/α,β-unsaturated/α-hetero) is 1. The number of aryl methyl sites for hydroxylation is 1. The summed E-state index contributed by atoms with van der Waals surface area (Å²) in [5, 5.41) is 0. The summed E-state index contributed by atoms with van der Waals surface area (Å²) in [7, 11) is 3.36. The van der Waals surface area contributed by atoms with Gasteiger partial charge in [-0.1, -0.05) is 0 Å². The first-order chi connectivity index (χ1) is 9.13. The summed E-state index contributed by atoms with van der Waals surface area (Å²) in [5.74, 6) is 2.74. The van der Waals surface area contributed by atoms with Crippen molar-refractivity contribution >= 4 is 5.78 Å². The standard InChI is InChI=1S/C16H22O3/c1-11-8-14(18-2)10-16(19-3)15(11)9-12-4-6-13(17)7-5-12/h8,10,12H,4-7,9H2,1-3H3. The van der Waals surface area contributed by atoms with Gasteiger partial charge in [-0.15, -0.1) is 0 Å². The van der Waals surface area contributed by atoms with Crippen LogP contribution < -0.4 is 9.47 Å². The van der Waals surface area contributed by atoms with Gasteiger partial charge in [0.25, 0.3) is 0 Å². The third-order valence-corrected chi connectivity index (χ3v) is 4.02. The van der Waals surface area contributed by atoms with Gasteiger partial charge in [-0.3, -0.25) is 4.79 Å². The predicted molar refractivity (Wildman–Crippen MR) is 75.0 cm³/mol. The molecule has 1 saturated carbocycles. The lowest BCUT2D eigenvalue weighted by Crippen LogP contribution is -2.16. The van der Waals surface area contributed by atoms with Crippen molar-refractivity contribution in [3.05, 3.63) is 23.3 Å². The second kappa shape index (κ2) is 6.09. The summed E-state index contributed by atoms with van der Waals surface area (Å²) in [6, 6.07) is 3.99. The lowest BCUT2D eigenvalue weighted by molar-refractivity contribution is -0.120. The summed E-state index contributed by atoms with van der Waals surface area (Å²) in [6.07, 6.45) is 4.48. The lowest BCUT2D eigenvalue weighted by atomic mass is 9.83. The first-order valence-electron chi connectivity index (χ1n) is 6.87. The molecule has 1 aromatic rings. The van der Waals surface area contributed by atoms with Gasteiger partial charge in [-0.25, -0.2) is 0 Å². The van der Waals surface area contributed by atoms with E-state index in [9.17, 15) is 4.79 Å². The monoisotopic (exact) mass is 262 g/mol. The number of carbonyl (C=O) groups excluding carboxylic acids is 1. The molecular formula is C16H22O3. The minimum atomic E-state index is 0.412. The van der Waals surface area contributed by atoms with Crippen LogP contribution in [0.25, 0.3) is 0 Å². The molecule has 0 atom stereocenters. The number of rotatable bonds is 4. The Hall–Kier alpha value is -1.51. The van der Waals surface area contributed by atoms with Gasteiger partial charge in [-0.2, -0.15) is 0 Å². The zero-order valence-electron chi connectivity index (χ0n) is 12.0. The quantitative estimate of drug-likeness (QED) is 0.835. The van der Waals surface area contributed by atoms with Crippen molar-refractivity contribution in [2.45, 2.75) is 39.0 Å². The molecule has 1 aliphatic rings. The molecule has 1 aromatic carbocycles. The van der Waals surface area contributed by atoms with E-state index >= 15 is 0 Å². The number of ketones is 1. The van der Waals surface area contributed by atoms with E-state index in [4.69, 9.17) is 9.47 Å². The SMILES string of the molecule is COc1cc(C)c(CC2CCC(=O)CC2)c(OC)c1. The topological polar surface area (TPSA) is 35.5 Å². The fraction of sp³-hybridized carbons (Fsp3) is 0.562. The highest BCUT2D eigenvalue weighted by Crippen LogP contribution is 2.33. The van der Waals surface area contributed by atoms with Crippen LogP contribution >= 0.6 is 0 Å². The highest BCUT2D eigenvalue weighted by atomic mass is 16.5. The zero-order chi connectivity index (χ0) is 13.8. The zero-order valence-corrected chi connectivity index (χ0v) is 12.0. The van der Waals surface area contributed by atoms with Crippen LogP contribution in [0.5, 0.6) is 11.5 Å². The van der Waals surface area contributed by atoms with Gasteiger partial charge in [-0.05, 0) is 49.3 Å². The smallest absolute Gasteiger partial charge is 0.132 e. The van der Waals surface area contributed by atoms with Crippen molar-refractivity contribution in [3.8, 4) is 11.5 Å². The maximum atomic E-state index is 11.3. The number of hydrogen-bond donors (Lipinski definition) is 0. The Balaban J connectivity index is 2.17. The van der Waals surface area contributed by atoms with E-state index in [1.54, 1.807) is 14.2 Å². The first-order valence-corrected chi connectivity index (χ1v) is 6.87. The molecule has 0 amide bonds. The Morgan fingerprint density at radius 3 is 2.42 bits per heavy atom. The van der Waals surface area contributed by atoms with Gasteiger partial charge < -0.3 is 9.47 Å². The van der Waals surface area contributed by atoms with E-state index < -0.39 is 0 Å². The van der Waals surface area contributed by atoms with Crippen molar-refractivity contribution in [1.29, 1.82) is 0 Å². The van der Waals surface area contributed by atoms with Crippen LogP contribution in [0.15, 0.2) is 12.1 Å². The van der Waals surface area contributed by atoms with Crippen molar-refractivity contribution in [2.75, 3.05) is 14.2 Å². The van der Waals surface area contributed by atoms with Crippen LogP contribution in [0.2, 0.25) is 0 Å². The van der Waals surface area contributed by atoms with Crippen LogP contribution in [0.4, 0.5) is 0 Å². The average Bonchev–Trinajstić information content (AvgIpc) is 2.43. The van der Waals surface area contributed by atoms with E-state index in [0.717, 1.165) is 43.6 Å². The number of methoxy groups -OCH3 is 2. The Morgan fingerprint density at radius 1 is 1.16 bits per heavy atom.